The third-order valence-electron chi connectivity index (χ3n) is 3.73. The van der Waals surface area contributed by atoms with Gasteiger partial charge in [-0.25, -0.2) is 4.79 Å². The fourth-order valence-corrected chi connectivity index (χ4v) is 3.15. The van der Waals surface area contributed by atoms with Gasteiger partial charge in [0.1, 0.15) is 18.7 Å². The summed E-state index contributed by atoms with van der Waals surface area (Å²) in [5.41, 5.74) is 3.82. The molecule has 0 spiro atoms. The van der Waals surface area contributed by atoms with Gasteiger partial charge in [0.05, 0.1) is 4.88 Å². The molecule has 2 N–H and O–H groups in total. The summed E-state index contributed by atoms with van der Waals surface area (Å²) in [6, 6.07) is 9.87. The summed E-state index contributed by atoms with van der Waals surface area (Å²) in [6.07, 6.45) is 0. The highest BCUT2D eigenvalue weighted by Crippen LogP contribution is 2.21. The minimum Gasteiger partial charge on any atom is -0.423 e. The molecule has 21 heavy (non-hydrogen) atoms. The molecule has 0 fully saturated rings. The van der Waals surface area contributed by atoms with E-state index in [-0.39, 0.29) is 5.63 Å². The summed E-state index contributed by atoms with van der Waals surface area (Å²) in [7, 11) is 0. The molecule has 4 heteroatoms. The van der Waals surface area contributed by atoms with Gasteiger partial charge in [-0.2, -0.15) is 0 Å². The predicted molar refractivity (Wildman–Crippen MR) is 85.6 cm³/mol. The van der Waals surface area contributed by atoms with Crippen LogP contribution in [-0.4, -0.2) is 0 Å². The third kappa shape index (κ3) is 3.06. The van der Waals surface area contributed by atoms with E-state index in [9.17, 15) is 4.79 Å². The van der Waals surface area contributed by atoms with Crippen molar-refractivity contribution in [3.05, 3.63) is 67.7 Å². The van der Waals surface area contributed by atoms with E-state index in [2.05, 4.69) is 35.8 Å². The molecule has 0 atom stereocenters. The first kappa shape index (κ1) is 14.0. The SMILES string of the molecule is Cc1cc2oc(=O)cc(C[NH2+]Cc3cccs3)c2cc1C. The van der Waals surface area contributed by atoms with Gasteiger partial charge in [0.25, 0.3) is 0 Å². The van der Waals surface area contributed by atoms with Crippen molar-refractivity contribution >= 4 is 22.3 Å². The number of hydrogen-bond donors (Lipinski definition) is 1. The Morgan fingerprint density at radius 3 is 2.71 bits per heavy atom. The average molecular weight is 300 g/mol. The van der Waals surface area contributed by atoms with Crippen LogP contribution in [0, 0.1) is 13.8 Å². The quantitative estimate of drug-likeness (QED) is 0.753. The van der Waals surface area contributed by atoms with Gasteiger partial charge in [0.2, 0.25) is 0 Å². The van der Waals surface area contributed by atoms with E-state index < -0.39 is 0 Å². The van der Waals surface area contributed by atoms with Crippen molar-refractivity contribution in [3.8, 4) is 0 Å². The van der Waals surface area contributed by atoms with Crippen LogP contribution in [0.25, 0.3) is 11.0 Å². The zero-order valence-electron chi connectivity index (χ0n) is 12.2. The molecule has 3 nitrogen and oxygen atoms in total. The van der Waals surface area contributed by atoms with Gasteiger partial charge in [-0.3, -0.25) is 0 Å². The molecule has 0 aliphatic heterocycles. The highest BCUT2D eigenvalue weighted by atomic mass is 32.1. The molecule has 3 rings (SSSR count). The van der Waals surface area contributed by atoms with E-state index in [4.69, 9.17) is 4.42 Å². The Labute approximate surface area is 127 Å². The van der Waals surface area contributed by atoms with Crippen LogP contribution >= 0.6 is 11.3 Å². The van der Waals surface area contributed by atoms with Gasteiger partial charge in [0.15, 0.2) is 0 Å². The van der Waals surface area contributed by atoms with Crippen molar-refractivity contribution in [3.63, 3.8) is 0 Å². The molecule has 108 valence electrons. The van der Waals surface area contributed by atoms with Crippen LogP contribution in [-0.2, 0) is 13.1 Å². The molecule has 1 aromatic carbocycles. The fourth-order valence-electron chi connectivity index (χ4n) is 2.45. The summed E-state index contributed by atoms with van der Waals surface area (Å²) < 4.78 is 5.32. The molecule has 0 unspecified atom stereocenters. The Morgan fingerprint density at radius 1 is 1.14 bits per heavy atom. The number of hydrogen-bond acceptors (Lipinski definition) is 3. The number of fused-ring (bicyclic) bond motifs is 1. The lowest BCUT2D eigenvalue weighted by Crippen LogP contribution is -2.80. The van der Waals surface area contributed by atoms with E-state index in [0.717, 1.165) is 29.6 Å². The summed E-state index contributed by atoms with van der Waals surface area (Å²) in [5, 5.41) is 5.34. The summed E-state index contributed by atoms with van der Waals surface area (Å²) in [4.78, 5) is 13.1. The van der Waals surface area contributed by atoms with Gasteiger partial charge in [-0.1, -0.05) is 6.07 Å². The summed E-state index contributed by atoms with van der Waals surface area (Å²) >= 11 is 1.76. The zero-order valence-corrected chi connectivity index (χ0v) is 13.0. The number of thiophene rings is 1. The molecular formula is C17H18NO2S+. The minimum absolute atomic E-state index is 0.273. The summed E-state index contributed by atoms with van der Waals surface area (Å²) in [5.74, 6) is 0. The van der Waals surface area contributed by atoms with Crippen molar-refractivity contribution in [2.75, 3.05) is 0 Å². The van der Waals surface area contributed by atoms with E-state index >= 15 is 0 Å². The summed E-state index contributed by atoms with van der Waals surface area (Å²) in [6.45, 7) is 5.83. The average Bonchev–Trinajstić information content (AvgIpc) is 2.94. The predicted octanol–water partition coefficient (Wildman–Crippen LogP) is 2.73. The molecule has 0 aliphatic carbocycles. The number of quaternary nitrogens is 1. The maximum atomic E-state index is 11.7. The monoisotopic (exact) mass is 300 g/mol. The number of rotatable bonds is 4. The lowest BCUT2D eigenvalue weighted by atomic mass is 10.0. The molecule has 3 aromatic rings. The van der Waals surface area contributed by atoms with E-state index in [0.29, 0.717) is 5.58 Å². The Morgan fingerprint density at radius 2 is 1.95 bits per heavy atom. The Bertz CT molecular complexity index is 819. The highest BCUT2D eigenvalue weighted by Gasteiger charge is 2.09. The van der Waals surface area contributed by atoms with Gasteiger partial charge >= 0.3 is 5.63 Å². The molecule has 0 aliphatic rings. The van der Waals surface area contributed by atoms with Crippen molar-refractivity contribution < 1.29 is 9.73 Å². The van der Waals surface area contributed by atoms with E-state index in [1.165, 1.54) is 10.4 Å². The fraction of sp³-hybridized carbons (Fsp3) is 0.235. The molecule has 0 bridgehead atoms. The topological polar surface area (TPSA) is 46.8 Å². The standard InChI is InChI=1S/C17H17NO2S/c1-11-6-15-13(9-18-10-14-4-3-5-21-14)8-17(19)20-16(15)7-12(11)2/h3-8,18H,9-10H2,1-2H3/p+1. The van der Waals surface area contributed by atoms with Gasteiger partial charge in [-0.05, 0) is 48.6 Å². The van der Waals surface area contributed by atoms with Crippen LogP contribution in [0.15, 0.2) is 44.9 Å². The van der Waals surface area contributed by atoms with Crippen molar-refractivity contribution in [2.45, 2.75) is 26.9 Å². The molecular weight excluding hydrogens is 282 g/mol. The molecule has 2 aromatic heterocycles. The number of nitrogens with two attached hydrogens (primary N) is 1. The first-order valence-corrected chi connectivity index (χ1v) is 7.89. The van der Waals surface area contributed by atoms with Crippen LogP contribution in [0.4, 0.5) is 0 Å². The lowest BCUT2D eigenvalue weighted by Gasteiger charge is -2.07. The second-order valence-electron chi connectivity index (χ2n) is 5.30. The van der Waals surface area contributed by atoms with Crippen LogP contribution in [0.3, 0.4) is 0 Å². The second-order valence-corrected chi connectivity index (χ2v) is 6.33. The van der Waals surface area contributed by atoms with Crippen LogP contribution in [0.5, 0.6) is 0 Å². The normalized spacial score (nSPS) is 11.1. The lowest BCUT2D eigenvalue weighted by molar-refractivity contribution is -0.685. The van der Waals surface area contributed by atoms with Crippen molar-refractivity contribution in [1.82, 2.24) is 0 Å². The van der Waals surface area contributed by atoms with Crippen LogP contribution in [0.2, 0.25) is 0 Å². The maximum absolute atomic E-state index is 11.7. The smallest absolute Gasteiger partial charge is 0.336 e. The van der Waals surface area contributed by atoms with Crippen LogP contribution < -0.4 is 10.9 Å². The van der Waals surface area contributed by atoms with Crippen molar-refractivity contribution in [1.29, 1.82) is 0 Å². The van der Waals surface area contributed by atoms with Crippen LogP contribution in [0.1, 0.15) is 21.6 Å². The largest absolute Gasteiger partial charge is 0.423 e. The Balaban J connectivity index is 1.90. The molecule has 0 radical (unpaired) electrons. The third-order valence-corrected chi connectivity index (χ3v) is 4.63. The van der Waals surface area contributed by atoms with E-state index in [1.807, 2.05) is 13.0 Å². The Kier molecular flexibility index (Phi) is 3.90. The van der Waals surface area contributed by atoms with Gasteiger partial charge in [-0.15, -0.1) is 11.3 Å². The maximum Gasteiger partial charge on any atom is 0.336 e. The van der Waals surface area contributed by atoms with Gasteiger partial charge in [0, 0.05) is 17.0 Å². The molecule has 0 saturated carbocycles. The highest BCUT2D eigenvalue weighted by molar-refractivity contribution is 7.09. The Hall–Kier alpha value is -1.91. The zero-order chi connectivity index (χ0) is 14.8. The first-order chi connectivity index (χ1) is 10.1. The second kappa shape index (κ2) is 5.84. The van der Waals surface area contributed by atoms with Crippen molar-refractivity contribution in [2.24, 2.45) is 0 Å². The minimum atomic E-state index is -0.273. The number of aryl methyl sites for hydroxylation is 2. The van der Waals surface area contributed by atoms with E-state index in [1.54, 1.807) is 17.4 Å². The molecule has 2 heterocycles. The first-order valence-electron chi connectivity index (χ1n) is 7.01. The number of benzene rings is 1. The molecule has 0 saturated heterocycles. The molecule has 0 amide bonds. The van der Waals surface area contributed by atoms with Gasteiger partial charge < -0.3 is 9.73 Å².